The summed E-state index contributed by atoms with van der Waals surface area (Å²) in [4.78, 5) is 26.7. The van der Waals surface area contributed by atoms with E-state index in [-0.39, 0.29) is 17.7 Å². The molecular formula is C10H11N5O2. The molecule has 0 fully saturated rings. The first-order chi connectivity index (χ1) is 8.19. The van der Waals surface area contributed by atoms with E-state index in [4.69, 9.17) is 5.84 Å². The van der Waals surface area contributed by atoms with Crippen molar-refractivity contribution in [2.45, 2.75) is 6.54 Å². The van der Waals surface area contributed by atoms with Crippen LogP contribution in [0.2, 0.25) is 0 Å². The molecule has 88 valence electrons. The average molecular weight is 233 g/mol. The van der Waals surface area contributed by atoms with Gasteiger partial charge >= 0.3 is 0 Å². The molecule has 0 unspecified atom stereocenters. The van der Waals surface area contributed by atoms with Gasteiger partial charge in [-0.15, -0.1) is 0 Å². The number of hydrazine groups is 1. The summed E-state index contributed by atoms with van der Waals surface area (Å²) in [7, 11) is 0. The van der Waals surface area contributed by atoms with Gasteiger partial charge in [-0.3, -0.25) is 14.7 Å². The number of nitrogens with one attached hydrogen (secondary N) is 2. The largest absolute Gasteiger partial charge is 0.308 e. The molecule has 0 aliphatic heterocycles. The third-order valence-corrected chi connectivity index (χ3v) is 2.16. The number of nitrogens with two attached hydrogens (primary N) is 1. The van der Waals surface area contributed by atoms with Crippen LogP contribution in [-0.4, -0.2) is 14.8 Å². The molecule has 2 rings (SSSR count). The fourth-order valence-corrected chi connectivity index (χ4v) is 1.39. The van der Waals surface area contributed by atoms with Crippen molar-refractivity contribution in [2.75, 3.05) is 5.43 Å². The molecule has 0 amide bonds. The van der Waals surface area contributed by atoms with Gasteiger partial charge in [-0.25, -0.2) is 15.5 Å². The Morgan fingerprint density at radius 2 is 2.12 bits per heavy atom. The summed E-state index contributed by atoms with van der Waals surface area (Å²) in [5, 5.41) is 2.42. The molecule has 0 saturated heterocycles. The van der Waals surface area contributed by atoms with E-state index in [0.29, 0.717) is 11.5 Å². The average Bonchev–Trinajstić information content (AvgIpc) is 2.34. The molecule has 0 saturated carbocycles. The number of aromatic amines is 1. The van der Waals surface area contributed by atoms with E-state index >= 15 is 0 Å². The first-order valence-corrected chi connectivity index (χ1v) is 4.92. The van der Waals surface area contributed by atoms with Gasteiger partial charge in [-0.2, -0.15) is 0 Å². The zero-order valence-corrected chi connectivity index (χ0v) is 8.88. The zero-order valence-electron chi connectivity index (χ0n) is 8.88. The minimum absolute atomic E-state index is 0.185. The van der Waals surface area contributed by atoms with Gasteiger partial charge in [-0.05, 0) is 12.1 Å². The van der Waals surface area contributed by atoms with Gasteiger partial charge in [0.1, 0.15) is 5.82 Å². The predicted molar refractivity (Wildman–Crippen MR) is 62.5 cm³/mol. The fraction of sp³-hybridized carbons (Fsp3) is 0.100. The number of anilines is 1. The van der Waals surface area contributed by atoms with Crippen molar-refractivity contribution >= 4 is 5.82 Å². The SMILES string of the molecule is NNc1cccc(Cn2[nH]c(=O)ccc2=O)n1. The van der Waals surface area contributed by atoms with Crippen molar-refractivity contribution in [3.8, 4) is 0 Å². The van der Waals surface area contributed by atoms with Crippen LogP contribution in [0.4, 0.5) is 5.82 Å². The zero-order chi connectivity index (χ0) is 12.3. The molecule has 0 atom stereocenters. The molecule has 4 N–H and O–H groups in total. The van der Waals surface area contributed by atoms with E-state index in [9.17, 15) is 9.59 Å². The normalized spacial score (nSPS) is 10.2. The number of nitrogens with zero attached hydrogens (tertiary/aromatic N) is 2. The third kappa shape index (κ3) is 2.58. The summed E-state index contributed by atoms with van der Waals surface area (Å²) in [5.41, 5.74) is 2.39. The Hall–Kier alpha value is -2.41. The van der Waals surface area contributed by atoms with E-state index in [0.717, 1.165) is 0 Å². The lowest BCUT2D eigenvalue weighted by molar-refractivity contribution is 0.617. The number of nitrogen functional groups attached to an aromatic ring is 1. The van der Waals surface area contributed by atoms with Crippen LogP contribution in [-0.2, 0) is 6.54 Å². The number of hydrogen-bond donors (Lipinski definition) is 3. The summed E-state index contributed by atoms with van der Waals surface area (Å²) >= 11 is 0. The number of hydrogen-bond acceptors (Lipinski definition) is 5. The second-order valence-corrected chi connectivity index (χ2v) is 3.39. The topological polar surface area (TPSA) is 106 Å². The molecular weight excluding hydrogens is 222 g/mol. The van der Waals surface area contributed by atoms with Crippen LogP contribution in [0.15, 0.2) is 39.9 Å². The van der Waals surface area contributed by atoms with Gasteiger partial charge in [0, 0.05) is 12.1 Å². The van der Waals surface area contributed by atoms with E-state index in [2.05, 4.69) is 15.5 Å². The molecule has 17 heavy (non-hydrogen) atoms. The van der Waals surface area contributed by atoms with Crippen LogP contribution in [0.5, 0.6) is 0 Å². The highest BCUT2D eigenvalue weighted by Crippen LogP contribution is 2.03. The molecule has 0 radical (unpaired) electrons. The van der Waals surface area contributed by atoms with Crippen molar-refractivity contribution in [3.05, 3.63) is 56.7 Å². The number of aromatic nitrogens is 3. The van der Waals surface area contributed by atoms with Crippen molar-refractivity contribution in [1.29, 1.82) is 0 Å². The van der Waals surface area contributed by atoms with Crippen LogP contribution in [0.3, 0.4) is 0 Å². The maximum atomic E-state index is 11.5. The minimum Gasteiger partial charge on any atom is -0.308 e. The van der Waals surface area contributed by atoms with Gasteiger partial charge in [-0.1, -0.05) is 6.07 Å². The van der Waals surface area contributed by atoms with Crippen LogP contribution in [0, 0.1) is 0 Å². The molecule has 0 aromatic carbocycles. The van der Waals surface area contributed by atoms with Crippen LogP contribution < -0.4 is 22.4 Å². The molecule has 0 spiro atoms. The Balaban J connectivity index is 2.34. The highest BCUT2D eigenvalue weighted by molar-refractivity contribution is 5.33. The van der Waals surface area contributed by atoms with Gasteiger partial charge < -0.3 is 5.43 Å². The Morgan fingerprint density at radius 1 is 1.29 bits per heavy atom. The maximum absolute atomic E-state index is 11.5. The molecule has 2 aromatic heterocycles. The highest BCUT2D eigenvalue weighted by atomic mass is 16.1. The van der Waals surface area contributed by atoms with E-state index in [1.807, 2.05) is 0 Å². The molecule has 2 aromatic rings. The Bertz CT molecular complexity index is 631. The smallest absolute Gasteiger partial charge is 0.265 e. The molecule has 0 aliphatic carbocycles. The Morgan fingerprint density at radius 3 is 2.88 bits per heavy atom. The predicted octanol–water partition coefficient (Wildman–Crippen LogP) is -0.735. The summed E-state index contributed by atoms with van der Waals surface area (Å²) in [6.07, 6.45) is 0. The summed E-state index contributed by atoms with van der Waals surface area (Å²) in [6, 6.07) is 7.58. The van der Waals surface area contributed by atoms with Crippen molar-refractivity contribution < 1.29 is 0 Å². The van der Waals surface area contributed by atoms with E-state index < -0.39 is 0 Å². The number of rotatable bonds is 3. The van der Waals surface area contributed by atoms with Crippen LogP contribution in [0.25, 0.3) is 0 Å². The van der Waals surface area contributed by atoms with Gasteiger partial charge in [0.05, 0.1) is 12.2 Å². The van der Waals surface area contributed by atoms with Crippen molar-refractivity contribution in [2.24, 2.45) is 5.84 Å². The second-order valence-electron chi connectivity index (χ2n) is 3.39. The Kier molecular flexibility index (Phi) is 3.01. The number of pyridine rings is 1. The minimum atomic E-state index is -0.335. The maximum Gasteiger partial charge on any atom is 0.265 e. The monoisotopic (exact) mass is 233 g/mol. The Labute approximate surface area is 95.9 Å². The summed E-state index contributed by atoms with van der Waals surface area (Å²) < 4.78 is 1.19. The van der Waals surface area contributed by atoms with Gasteiger partial charge in [0.25, 0.3) is 11.1 Å². The molecule has 7 nitrogen and oxygen atoms in total. The van der Waals surface area contributed by atoms with Gasteiger partial charge in [0.15, 0.2) is 0 Å². The quantitative estimate of drug-likeness (QED) is 0.478. The molecule has 0 aliphatic rings. The lowest BCUT2D eigenvalue weighted by Crippen LogP contribution is -2.28. The first kappa shape index (κ1) is 11.1. The molecule has 0 bridgehead atoms. The summed E-state index contributed by atoms with van der Waals surface area (Å²) in [5.74, 6) is 5.72. The van der Waals surface area contributed by atoms with Gasteiger partial charge in [0.2, 0.25) is 0 Å². The second kappa shape index (κ2) is 4.62. The van der Waals surface area contributed by atoms with E-state index in [1.54, 1.807) is 18.2 Å². The molecule has 2 heterocycles. The third-order valence-electron chi connectivity index (χ3n) is 2.16. The van der Waals surface area contributed by atoms with Crippen LogP contribution >= 0.6 is 0 Å². The van der Waals surface area contributed by atoms with Crippen molar-refractivity contribution in [1.82, 2.24) is 14.8 Å². The standard InChI is InChI=1S/C10H11N5O2/c11-13-8-3-1-2-7(12-8)6-15-10(17)5-4-9(16)14-15/h1-5H,6,11H2,(H,12,13)(H,14,16). The lowest BCUT2D eigenvalue weighted by atomic mass is 10.3. The highest BCUT2D eigenvalue weighted by Gasteiger charge is 2.00. The summed E-state index contributed by atoms with van der Waals surface area (Å²) in [6.45, 7) is 0.185. The number of H-pyrrole nitrogens is 1. The van der Waals surface area contributed by atoms with Crippen molar-refractivity contribution in [3.63, 3.8) is 0 Å². The lowest BCUT2D eigenvalue weighted by Gasteiger charge is -2.05. The fourth-order valence-electron chi connectivity index (χ4n) is 1.39. The molecule has 7 heteroatoms. The first-order valence-electron chi connectivity index (χ1n) is 4.92. The van der Waals surface area contributed by atoms with Crippen LogP contribution in [0.1, 0.15) is 5.69 Å². The van der Waals surface area contributed by atoms with E-state index in [1.165, 1.54) is 16.8 Å².